The number of halogens is 1. The molecule has 1 atom stereocenters. The summed E-state index contributed by atoms with van der Waals surface area (Å²) in [6.45, 7) is 3.97. The van der Waals surface area contributed by atoms with Crippen LogP contribution in [0.25, 0.3) is 0 Å². The van der Waals surface area contributed by atoms with E-state index in [1.807, 2.05) is 0 Å². The summed E-state index contributed by atoms with van der Waals surface area (Å²) in [6.07, 6.45) is 3.10. The molecule has 184 valence electrons. The average Bonchev–Trinajstić information content (AvgIpc) is 3.30. The summed E-state index contributed by atoms with van der Waals surface area (Å²) in [5, 5.41) is 15.6. The summed E-state index contributed by atoms with van der Waals surface area (Å²) >= 11 is 6.03. The minimum atomic E-state index is -1.07. The predicted octanol–water partition coefficient (Wildman–Crippen LogP) is 2.59. The first-order valence-corrected chi connectivity index (χ1v) is 11.5. The highest BCUT2D eigenvalue weighted by Gasteiger charge is 2.20. The van der Waals surface area contributed by atoms with Gasteiger partial charge in [0.25, 0.3) is 0 Å². The van der Waals surface area contributed by atoms with Crippen LogP contribution in [0.15, 0.2) is 24.3 Å². The molecule has 3 rings (SSSR count). The number of hydrogen-bond acceptors (Lipinski definition) is 9. The summed E-state index contributed by atoms with van der Waals surface area (Å²) < 4.78 is 5.18. The van der Waals surface area contributed by atoms with E-state index in [9.17, 15) is 14.7 Å². The molecule has 0 bridgehead atoms. The van der Waals surface area contributed by atoms with E-state index >= 15 is 0 Å². The van der Waals surface area contributed by atoms with Crippen molar-refractivity contribution >= 4 is 35.6 Å². The summed E-state index contributed by atoms with van der Waals surface area (Å²) in [5.41, 5.74) is 0.727. The van der Waals surface area contributed by atoms with Crippen LogP contribution in [-0.4, -0.2) is 88.2 Å². The van der Waals surface area contributed by atoms with Crippen molar-refractivity contribution in [1.82, 2.24) is 24.8 Å². The van der Waals surface area contributed by atoms with Crippen molar-refractivity contribution in [2.24, 2.45) is 0 Å². The van der Waals surface area contributed by atoms with Crippen molar-refractivity contribution in [1.29, 1.82) is 0 Å². The third-order valence-electron chi connectivity index (χ3n) is 5.28. The molecule has 3 N–H and O–H groups in total. The van der Waals surface area contributed by atoms with E-state index in [2.05, 4.69) is 30.5 Å². The quantitative estimate of drug-likeness (QED) is 0.403. The Bertz CT molecular complexity index is 968. The Morgan fingerprint density at radius 2 is 1.82 bits per heavy atom. The van der Waals surface area contributed by atoms with Crippen LogP contribution in [0, 0.1) is 0 Å². The van der Waals surface area contributed by atoms with Crippen LogP contribution in [0.5, 0.6) is 5.75 Å². The number of ether oxygens (including phenoxy) is 1. The fourth-order valence-electron chi connectivity index (χ4n) is 3.48. The molecular formula is C22H30ClN7O4. The van der Waals surface area contributed by atoms with E-state index in [-0.39, 0.29) is 17.7 Å². The first kappa shape index (κ1) is 25.4. The van der Waals surface area contributed by atoms with Crippen molar-refractivity contribution in [3.63, 3.8) is 0 Å². The molecule has 0 unspecified atom stereocenters. The van der Waals surface area contributed by atoms with Gasteiger partial charge in [0.1, 0.15) is 11.8 Å². The van der Waals surface area contributed by atoms with Crippen molar-refractivity contribution in [3.05, 3.63) is 35.1 Å². The highest BCUT2D eigenvalue weighted by Crippen LogP contribution is 2.17. The minimum Gasteiger partial charge on any atom is -0.480 e. The van der Waals surface area contributed by atoms with E-state index in [0.29, 0.717) is 18.2 Å². The van der Waals surface area contributed by atoms with Crippen LogP contribution in [0.3, 0.4) is 0 Å². The number of aliphatic carboxylic acids is 1. The standard InChI is InChI=1S/C22H30ClN7O4/c1-29(2)22(33)34-16-8-6-15(7-9-16)14-17(18(31)32)25-21-27-19(23)26-20(28-21)24-10-5-13-30-11-3-4-12-30/h6-9,17H,3-5,10-14H2,1-2H3,(H,31,32)(H2,24,25,26,27,28)/t17-/m0/s1. The molecule has 0 spiro atoms. The number of carbonyl (C=O) groups is 2. The molecule has 2 heterocycles. The zero-order valence-corrected chi connectivity index (χ0v) is 20.1. The largest absolute Gasteiger partial charge is 0.480 e. The second-order valence-corrected chi connectivity index (χ2v) is 8.56. The molecule has 1 saturated heterocycles. The van der Waals surface area contributed by atoms with Gasteiger partial charge in [-0.2, -0.15) is 15.0 Å². The number of anilines is 2. The molecule has 34 heavy (non-hydrogen) atoms. The summed E-state index contributed by atoms with van der Waals surface area (Å²) in [4.78, 5) is 39.6. The smallest absolute Gasteiger partial charge is 0.414 e. The SMILES string of the molecule is CN(C)C(=O)Oc1ccc(C[C@H](Nc2nc(Cl)nc(NCCCN3CCCC3)n2)C(=O)O)cc1. The highest BCUT2D eigenvalue weighted by atomic mass is 35.5. The number of hydrogen-bond donors (Lipinski definition) is 3. The molecule has 12 heteroatoms. The number of likely N-dealkylation sites (tertiary alicyclic amines) is 1. The number of nitrogens with one attached hydrogen (secondary N) is 2. The van der Waals surface area contributed by atoms with E-state index < -0.39 is 18.1 Å². The third-order valence-corrected chi connectivity index (χ3v) is 5.44. The lowest BCUT2D eigenvalue weighted by molar-refractivity contribution is -0.137. The zero-order chi connectivity index (χ0) is 24.5. The Balaban J connectivity index is 1.56. The zero-order valence-electron chi connectivity index (χ0n) is 19.3. The van der Waals surface area contributed by atoms with Gasteiger partial charge in [-0.05, 0) is 68.2 Å². The maximum Gasteiger partial charge on any atom is 0.414 e. The van der Waals surface area contributed by atoms with Gasteiger partial charge in [-0.15, -0.1) is 0 Å². The molecule has 1 aliphatic rings. The maximum absolute atomic E-state index is 11.8. The molecule has 1 aliphatic heterocycles. The Labute approximate surface area is 203 Å². The Hall–Kier alpha value is -3.18. The van der Waals surface area contributed by atoms with Crippen molar-refractivity contribution in [2.45, 2.75) is 31.7 Å². The number of amides is 1. The van der Waals surface area contributed by atoms with Gasteiger partial charge in [-0.3, -0.25) is 0 Å². The Morgan fingerprint density at radius 1 is 1.15 bits per heavy atom. The summed E-state index contributed by atoms with van der Waals surface area (Å²) in [7, 11) is 3.17. The molecule has 0 saturated carbocycles. The lowest BCUT2D eigenvalue weighted by atomic mass is 10.1. The summed E-state index contributed by atoms with van der Waals surface area (Å²) in [6, 6.07) is 5.61. The molecule has 1 aromatic heterocycles. The van der Waals surface area contributed by atoms with Crippen LogP contribution in [0.4, 0.5) is 16.7 Å². The maximum atomic E-state index is 11.8. The Kier molecular flexibility index (Phi) is 9.23. The second kappa shape index (κ2) is 12.3. The lowest BCUT2D eigenvalue weighted by Crippen LogP contribution is -2.32. The normalized spacial score (nSPS) is 14.4. The first-order valence-electron chi connectivity index (χ1n) is 11.2. The van der Waals surface area contributed by atoms with Gasteiger partial charge in [-0.25, -0.2) is 9.59 Å². The van der Waals surface area contributed by atoms with Crippen LogP contribution in [0.1, 0.15) is 24.8 Å². The van der Waals surface area contributed by atoms with Gasteiger partial charge in [0, 0.05) is 27.1 Å². The van der Waals surface area contributed by atoms with Gasteiger partial charge in [-0.1, -0.05) is 12.1 Å². The summed E-state index contributed by atoms with van der Waals surface area (Å²) in [5.74, 6) is -0.335. The van der Waals surface area contributed by atoms with Gasteiger partial charge in [0.2, 0.25) is 17.2 Å². The molecule has 1 aromatic carbocycles. The molecule has 0 radical (unpaired) electrons. The number of benzene rings is 1. The van der Waals surface area contributed by atoms with Crippen molar-refractivity contribution in [3.8, 4) is 5.75 Å². The van der Waals surface area contributed by atoms with E-state index in [0.717, 1.165) is 31.6 Å². The fraction of sp³-hybridized carbons (Fsp3) is 0.500. The van der Waals surface area contributed by atoms with Gasteiger partial charge in [0.05, 0.1) is 0 Å². The molecule has 1 amide bonds. The van der Waals surface area contributed by atoms with E-state index in [1.54, 1.807) is 38.4 Å². The third kappa shape index (κ3) is 7.99. The van der Waals surface area contributed by atoms with Crippen LogP contribution >= 0.6 is 11.6 Å². The van der Waals surface area contributed by atoms with E-state index in [1.165, 1.54) is 17.7 Å². The van der Waals surface area contributed by atoms with Crippen LogP contribution < -0.4 is 15.4 Å². The molecular weight excluding hydrogens is 462 g/mol. The minimum absolute atomic E-state index is 0.0317. The number of carboxylic acid groups (broad SMARTS) is 1. The fourth-order valence-corrected chi connectivity index (χ4v) is 3.64. The monoisotopic (exact) mass is 491 g/mol. The average molecular weight is 492 g/mol. The number of aromatic nitrogens is 3. The van der Waals surface area contributed by atoms with Crippen LogP contribution in [0.2, 0.25) is 5.28 Å². The number of nitrogens with zero attached hydrogens (tertiary/aromatic N) is 5. The van der Waals surface area contributed by atoms with Gasteiger partial charge >= 0.3 is 12.1 Å². The number of carboxylic acids is 1. The van der Waals surface area contributed by atoms with Crippen LogP contribution in [-0.2, 0) is 11.2 Å². The number of rotatable bonds is 11. The first-order chi connectivity index (χ1) is 16.3. The highest BCUT2D eigenvalue weighted by molar-refractivity contribution is 6.28. The number of carbonyl (C=O) groups excluding carboxylic acids is 1. The van der Waals surface area contributed by atoms with E-state index in [4.69, 9.17) is 16.3 Å². The second-order valence-electron chi connectivity index (χ2n) is 8.23. The molecule has 1 fully saturated rings. The Morgan fingerprint density at radius 3 is 2.47 bits per heavy atom. The topological polar surface area (TPSA) is 133 Å². The molecule has 2 aromatic rings. The molecule has 11 nitrogen and oxygen atoms in total. The molecule has 0 aliphatic carbocycles. The predicted molar refractivity (Wildman–Crippen MR) is 129 cm³/mol. The van der Waals surface area contributed by atoms with Crippen molar-refractivity contribution < 1.29 is 19.4 Å². The van der Waals surface area contributed by atoms with Gasteiger partial charge in [0.15, 0.2) is 0 Å². The van der Waals surface area contributed by atoms with Crippen molar-refractivity contribution in [2.75, 3.05) is 50.9 Å². The lowest BCUT2D eigenvalue weighted by Gasteiger charge is -2.16. The van der Waals surface area contributed by atoms with Gasteiger partial charge < -0.3 is 30.3 Å².